The number of carbonyl (C=O) groups is 2. The first kappa shape index (κ1) is 10.7. The predicted molar refractivity (Wildman–Crippen MR) is 30.6 cm³/mol. The predicted octanol–water partition coefficient (Wildman–Crippen LogP) is -0.176. The van der Waals surface area contributed by atoms with Gasteiger partial charge in [-0.2, -0.15) is 0 Å². The van der Waals surface area contributed by atoms with E-state index in [1.165, 1.54) is 0 Å². The van der Waals surface area contributed by atoms with Gasteiger partial charge in [-0.25, -0.2) is 15.0 Å². The summed E-state index contributed by atoms with van der Waals surface area (Å²) in [5, 5.41) is 22.1. The number of isothiocyanates is 1. The third kappa shape index (κ3) is 20.2. The van der Waals surface area contributed by atoms with Gasteiger partial charge in [-0.3, -0.25) is 0 Å². The van der Waals surface area contributed by atoms with E-state index in [4.69, 9.17) is 25.2 Å². The van der Waals surface area contributed by atoms with Gasteiger partial charge in [0.25, 0.3) is 0 Å². The second kappa shape index (κ2) is 6.74. The molecule has 0 aliphatic carbocycles. The number of hydrogen-bond acceptors (Lipinski definition) is 4. The zero-order valence-electron chi connectivity index (χ0n) is 4.12. The monoisotopic (exact) mass is 149 g/mol. The zero-order valence-corrected chi connectivity index (χ0v) is 4.94. The van der Waals surface area contributed by atoms with E-state index in [-0.39, 0.29) is 0 Å². The lowest BCUT2D eigenvalue weighted by Crippen LogP contribution is -2.09. The average Bonchev–Trinajstić information content (AvgIpc) is 1.68. The van der Waals surface area contributed by atoms with Crippen molar-refractivity contribution in [2.24, 2.45) is 0 Å². The molecule has 0 aromatic heterocycles. The molecule has 0 aromatic carbocycles. The van der Waals surface area contributed by atoms with E-state index in [2.05, 4.69) is 12.2 Å². The first-order valence-corrected chi connectivity index (χ1v) is 1.97. The van der Waals surface area contributed by atoms with Gasteiger partial charge in [-0.1, -0.05) is 0 Å². The van der Waals surface area contributed by atoms with Crippen molar-refractivity contribution in [1.29, 1.82) is 5.41 Å². The van der Waals surface area contributed by atoms with E-state index in [9.17, 15) is 0 Å². The lowest BCUT2D eigenvalue weighted by Gasteiger charge is -1.72. The fourth-order valence-electron chi connectivity index (χ4n) is 0. The molecule has 0 bridgehead atoms. The number of nitrogens with one attached hydrogen (secondary N) is 1. The third-order valence-corrected chi connectivity index (χ3v) is 0.183. The Bertz CT molecular complexity index is 136. The fraction of sp³-hybridized carbons (Fsp3) is 0. The summed E-state index contributed by atoms with van der Waals surface area (Å²) in [6.45, 7) is 0. The van der Waals surface area contributed by atoms with Gasteiger partial charge in [0, 0.05) is 0 Å². The van der Waals surface area contributed by atoms with Gasteiger partial charge < -0.3 is 10.2 Å². The Morgan fingerprint density at radius 2 is 1.44 bits per heavy atom. The smallest absolute Gasteiger partial charge is 0.414 e. The molecular weight excluding hydrogens is 146 g/mol. The van der Waals surface area contributed by atoms with Crippen molar-refractivity contribution in [3.05, 3.63) is 0 Å². The molecule has 5 nitrogen and oxygen atoms in total. The quantitative estimate of drug-likeness (QED) is 0.252. The summed E-state index contributed by atoms with van der Waals surface area (Å²) >= 11 is 3.81. The minimum atomic E-state index is -1.82. The molecule has 3 N–H and O–H groups in total. The Labute approximate surface area is 55.4 Å². The maximum atomic E-state index is 9.10. The number of carboxylic acid groups (broad SMARTS) is 2. The Morgan fingerprint density at radius 1 is 1.33 bits per heavy atom. The normalized spacial score (nSPS) is 5.78. The van der Waals surface area contributed by atoms with Crippen LogP contribution >= 0.6 is 12.2 Å². The minimum absolute atomic E-state index is 1.58. The van der Waals surface area contributed by atoms with Crippen molar-refractivity contribution in [1.82, 2.24) is 0 Å². The van der Waals surface area contributed by atoms with Crippen LogP contribution in [0.1, 0.15) is 0 Å². The summed E-state index contributed by atoms with van der Waals surface area (Å²) in [4.78, 5) is 18.2. The van der Waals surface area contributed by atoms with Gasteiger partial charge in [-0.05, 0) is 12.2 Å². The standard InChI is InChI=1S/C2H2O4.CHNS/c3-1(4)2(5)6;2-1-3/h(H,3,4)(H,5,6);2H. The molecule has 9 heavy (non-hydrogen) atoms. The summed E-state index contributed by atoms with van der Waals surface area (Å²) in [7, 11) is 0. The molecule has 0 aliphatic rings. The summed E-state index contributed by atoms with van der Waals surface area (Å²) in [6, 6.07) is 0. The molecule has 0 saturated carbocycles. The van der Waals surface area contributed by atoms with Crippen LogP contribution in [0.25, 0.3) is 0 Å². The molecule has 0 aromatic rings. The Kier molecular flexibility index (Phi) is 7.99. The number of thiocarbonyl (C=S) groups is 1. The van der Waals surface area contributed by atoms with Crippen LogP contribution in [0.2, 0.25) is 0 Å². The van der Waals surface area contributed by atoms with Crippen LogP contribution in [0.3, 0.4) is 0 Å². The number of hydrogen-bond donors (Lipinski definition) is 3. The fourth-order valence-corrected chi connectivity index (χ4v) is 0. The summed E-state index contributed by atoms with van der Waals surface area (Å²) in [6.07, 6.45) is 0. The van der Waals surface area contributed by atoms with E-state index >= 15 is 0 Å². The molecule has 0 atom stereocenters. The Balaban J connectivity index is 0. The van der Waals surface area contributed by atoms with Crippen LogP contribution in [0.15, 0.2) is 0 Å². The highest BCUT2D eigenvalue weighted by Gasteiger charge is 2.04. The van der Waals surface area contributed by atoms with Gasteiger partial charge in [-0.15, -0.1) is 0 Å². The van der Waals surface area contributed by atoms with Crippen LogP contribution < -0.4 is 0 Å². The molecule has 0 saturated heterocycles. The highest BCUT2D eigenvalue weighted by molar-refractivity contribution is 7.78. The second-order valence-electron chi connectivity index (χ2n) is 0.712. The highest BCUT2D eigenvalue weighted by Crippen LogP contribution is 1.56. The molecule has 0 heterocycles. The molecule has 0 fully saturated rings. The summed E-state index contributed by atoms with van der Waals surface area (Å²) in [5.41, 5.74) is 0. The van der Waals surface area contributed by atoms with Crippen molar-refractivity contribution in [3.8, 4) is 0 Å². The largest absolute Gasteiger partial charge is 0.473 e. The van der Waals surface area contributed by atoms with Crippen molar-refractivity contribution in [3.63, 3.8) is 0 Å². The van der Waals surface area contributed by atoms with E-state index in [0.29, 0.717) is 0 Å². The van der Waals surface area contributed by atoms with Crippen LogP contribution in [-0.4, -0.2) is 27.3 Å². The lowest BCUT2D eigenvalue weighted by molar-refractivity contribution is -0.159. The first-order valence-electron chi connectivity index (χ1n) is 1.56. The summed E-state index contributed by atoms with van der Waals surface area (Å²) < 4.78 is 0. The van der Waals surface area contributed by atoms with Gasteiger partial charge in [0.1, 0.15) is 0 Å². The molecule has 0 aliphatic heterocycles. The van der Waals surface area contributed by atoms with Crippen molar-refractivity contribution < 1.29 is 19.8 Å². The van der Waals surface area contributed by atoms with E-state index in [0.717, 1.165) is 0 Å². The van der Waals surface area contributed by atoms with Crippen LogP contribution in [-0.2, 0) is 9.59 Å². The number of carboxylic acids is 2. The van der Waals surface area contributed by atoms with E-state index in [1.807, 2.05) is 0 Å². The van der Waals surface area contributed by atoms with Gasteiger partial charge in [0.05, 0.1) is 5.16 Å². The average molecular weight is 149 g/mol. The van der Waals surface area contributed by atoms with Crippen molar-refractivity contribution >= 4 is 29.3 Å². The lowest BCUT2D eigenvalue weighted by atomic mass is 10.7. The SMILES string of the molecule is N=C=S.O=C(O)C(=O)O. The van der Waals surface area contributed by atoms with Crippen LogP contribution in [0, 0.1) is 5.41 Å². The van der Waals surface area contributed by atoms with Crippen molar-refractivity contribution in [2.75, 3.05) is 0 Å². The van der Waals surface area contributed by atoms with Gasteiger partial charge in [0.2, 0.25) is 0 Å². The molecule has 0 unspecified atom stereocenters. The topological polar surface area (TPSA) is 98.5 Å². The second-order valence-corrected chi connectivity index (χ2v) is 0.916. The molecule has 50 valence electrons. The Morgan fingerprint density at radius 3 is 1.44 bits per heavy atom. The molecule has 0 rings (SSSR count). The number of aliphatic carboxylic acids is 2. The summed E-state index contributed by atoms with van der Waals surface area (Å²) in [5.74, 6) is -3.65. The van der Waals surface area contributed by atoms with Gasteiger partial charge in [0.15, 0.2) is 0 Å². The van der Waals surface area contributed by atoms with Crippen molar-refractivity contribution in [2.45, 2.75) is 0 Å². The maximum Gasteiger partial charge on any atom is 0.414 e. The van der Waals surface area contributed by atoms with E-state index < -0.39 is 11.9 Å². The minimum Gasteiger partial charge on any atom is -0.473 e. The van der Waals surface area contributed by atoms with Crippen LogP contribution in [0.5, 0.6) is 0 Å². The van der Waals surface area contributed by atoms with E-state index in [1.54, 1.807) is 5.16 Å². The zero-order chi connectivity index (χ0) is 7.86. The van der Waals surface area contributed by atoms with Crippen LogP contribution in [0.4, 0.5) is 0 Å². The third-order valence-electron chi connectivity index (χ3n) is 0.183. The highest BCUT2D eigenvalue weighted by atomic mass is 32.1. The molecule has 0 radical (unpaired) electrons. The van der Waals surface area contributed by atoms with Gasteiger partial charge >= 0.3 is 11.9 Å². The molecule has 6 heteroatoms. The molecule has 0 spiro atoms. The number of rotatable bonds is 0. The maximum absolute atomic E-state index is 9.10. The Hall–Kier alpha value is -1.26. The molecule has 0 amide bonds. The molecular formula is C3H3NO4S. The first-order chi connectivity index (χ1) is 4.06.